The van der Waals surface area contributed by atoms with Crippen LogP contribution in [0.3, 0.4) is 0 Å². The van der Waals surface area contributed by atoms with Gasteiger partial charge in [-0.15, -0.1) is 11.3 Å². The predicted octanol–water partition coefficient (Wildman–Crippen LogP) is 2.17. The molecule has 2 aromatic heterocycles. The van der Waals surface area contributed by atoms with E-state index in [1.807, 2.05) is 6.92 Å². The summed E-state index contributed by atoms with van der Waals surface area (Å²) in [4.78, 5) is 21.9. The second-order valence-corrected chi connectivity index (χ2v) is 5.69. The number of fused-ring (bicyclic) bond motifs is 1. The minimum absolute atomic E-state index is 0.252. The Hall–Kier alpha value is -1.95. The number of carbonyl (C=O) groups excluding carboxylic acids is 1. The van der Waals surface area contributed by atoms with Crippen LogP contribution in [0.5, 0.6) is 0 Å². The van der Waals surface area contributed by atoms with Crippen molar-refractivity contribution in [2.45, 2.75) is 26.2 Å². The molecule has 2 aromatic rings. The molecule has 1 amide bonds. The minimum atomic E-state index is -0.252. The van der Waals surface area contributed by atoms with E-state index >= 15 is 0 Å². The van der Waals surface area contributed by atoms with E-state index in [1.165, 1.54) is 11.1 Å². The van der Waals surface area contributed by atoms with Crippen molar-refractivity contribution in [3.8, 4) is 0 Å². The molecule has 5 nitrogen and oxygen atoms in total. The molecule has 1 aliphatic carbocycles. The number of amides is 1. The first-order chi connectivity index (χ1) is 9.13. The lowest BCUT2D eigenvalue weighted by molar-refractivity contribution is 0.102. The monoisotopic (exact) mass is 274 g/mol. The third-order valence-electron chi connectivity index (χ3n) is 3.13. The zero-order valence-corrected chi connectivity index (χ0v) is 11.4. The summed E-state index contributed by atoms with van der Waals surface area (Å²) in [7, 11) is 0. The number of nitrogens with zero attached hydrogens (tertiary/aromatic N) is 2. The summed E-state index contributed by atoms with van der Waals surface area (Å²) < 4.78 is 0. The Kier molecular flexibility index (Phi) is 2.94. The molecule has 0 aromatic carbocycles. The van der Waals surface area contributed by atoms with E-state index in [1.54, 1.807) is 17.4 Å². The lowest BCUT2D eigenvalue weighted by atomic mass is 10.2. The first-order valence-electron chi connectivity index (χ1n) is 6.15. The Bertz CT molecular complexity index is 629. The third-order valence-corrected chi connectivity index (χ3v) is 4.21. The standard InChI is InChI=1S/C13H14N4OS/c1-7-5-9(14)8(6-15-7)12(18)17-13-16-10-3-2-4-11(10)19-13/h5-6H,2-4H2,1H3,(H2,14,15)(H,16,17,18). The van der Waals surface area contributed by atoms with Crippen molar-refractivity contribution in [3.05, 3.63) is 34.1 Å². The van der Waals surface area contributed by atoms with Gasteiger partial charge in [0.25, 0.3) is 5.91 Å². The van der Waals surface area contributed by atoms with Crippen molar-refractivity contribution in [2.75, 3.05) is 11.1 Å². The fraction of sp³-hybridized carbons (Fsp3) is 0.308. The largest absolute Gasteiger partial charge is 0.398 e. The number of nitrogen functional groups attached to an aromatic ring is 1. The summed E-state index contributed by atoms with van der Waals surface area (Å²) in [6.45, 7) is 1.84. The van der Waals surface area contributed by atoms with Gasteiger partial charge in [0.1, 0.15) is 0 Å². The number of aryl methyl sites for hydroxylation is 3. The number of rotatable bonds is 2. The SMILES string of the molecule is Cc1cc(N)c(C(=O)Nc2nc3c(s2)CCC3)cn1. The van der Waals surface area contributed by atoms with Crippen LogP contribution >= 0.6 is 11.3 Å². The van der Waals surface area contributed by atoms with Crippen LogP contribution in [0.1, 0.15) is 33.0 Å². The van der Waals surface area contributed by atoms with Crippen LogP contribution in [0.15, 0.2) is 12.3 Å². The number of pyridine rings is 1. The first kappa shape index (κ1) is 12.1. The molecule has 0 aliphatic heterocycles. The zero-order valence-electron chi connectivity index (χ0n) is 10.6. The van der Waals surface area contributed by atoms with Crippen LogP contribution in [0.25, 0.3) is 0 Å². The van der Waals surface area contributed by atoms with Crippen LogP contribution in [-0.2, 0) is 12.8 Å². The van der Waals surface area contributed by atoms with E-state index in [0.717, 1.165) is 30.7 Å². The quantitative estimate of drug-likeness (QED) is 0.879. The van der Waals surface area contributed by atoms with Gasteiger partial charge < -0.3 is 5.73 Å². The second-order valence-electron chi connectivity index (χ2n) is 4.61. The van der Waals surface area contributed by atoms with Crippen molar-refractivity contribution in [1.29, 1.82) is 0 Å². The van der Waals surface area contributed by atoms with Gasteiger partial charge in [0.15, 0.2) is 5.13 Å². The Balaban J connectivity index is 1.80. The molecule has 0 saturated carbocycles. The Morgan fingerprint density at radius 1 is 1.47 bits per heavy atom. The molecule has 3 N–H and O–H groups in total. The van der Waals surface area contributed by atoms with Gasteiger partial charge in [0.2, 0.25) is 0 Å². The smallest absolute Gasteiger partial charge is 0.261 e. The highest BCUT2D eigenvalue weighted by atomic mass is 32.1. The van der Waals surface area contributed by atoms with Crippen LogP contribution in [0, 0.1) is 6.92 Å². The van der Waals surface area contributed by atoms with Crippen molar-refractivity contribution in [3.63, 3.8) is 0 Å². The number of nitrogens with one attached hydrogen (secondary N) is 1. The fourth-order valence-corrected chi connectivity index (χ4v) is 3.22. The van der Waals surface area contributed by atoms with Crippen LogP contribution in [-0.4, -0.2) is 15.9 Å². The molecule has 0 spiro atoms. The van der Waals surface area contributed by atoms with Crippen molar-refractivity contribution in [2.24, 2.45) is 0 Å². The maximum Gasteiger partial charge on any atom is 0.261 e. The molecule has 0 saturated heterocycles. The number of nitrogens with two attached hydrogens (primary N) is 1. The van der Waals surface area contributed by atoms with Gasteiger partial charge >= 0.3 is 0 Å². The average Bonchev–Trinajstić information content (AvgIpc) is 2.89. The zero-order chi connectivity index (χ0) is 13.4. The molecule has 3 rings (SSSR count). The maximum absolute atomic E-state index is 12.1. The molecule has 1 aliphatic rings. The number of anilines is 2. The predicted molar refractivity (Wildman–Crippen MR) is 75.5 cm³/mol. The van der Waals surface area contributed by atoms with E-state index in [4.69, 9.17) is 5.73 Å². The maximum atomic E-state index is 12.1. The molecule has 98 valence electrons. The number of hydrogen-bond donors (Lipinski definition) is 2. The number of thiazole rings is 1. The van der Waals surface area contributed by atoms with Gasteiger partial charge in [-0.25, -0.2) is 4.98 Å². The second kappa shape index (κ2) is 4.62. The van der Waals surface area contributed by atoms with Crippen molar-refractivity contribution < 1.29 is 4.79 Å². The number of carbonyl (C=O) groups is 1. The summed E-state index contributed by atoms with van der Waals surface area (Å²) in [6, 6.07) is 1.69. The minimum Gasteiger partial charge on any atom is -0.398 e. The van der Waals surface area contributed by atoms with E-state index in [0.29, 0.717) is 16.4 Å². The van der Waals surface area contributed by atoms with Crippen molar-refractivity contribution >= 4 is 28.1 Å². The number of aromatic nitrogens is 2. The molecule has 0 radical (unpaired) electrons. The van der Waals surface area contributed by atoms with Gasteiger partial charge in [0, 0.05) is 22.5 Å². The third kappa shape index (κ3) is 2.31. The van der Waals surface area contributed by atoms with Crippen LogP contribution < -0.4 is 11.1 Å². The molecule has 2 heterocycles. The molecule has 0 bridgehead atoms. The summed E-state index contributed by atoms with van der Waals surface area (Å²) in [5.74, 6) is -0.252. The summed E-state index contributed by atoms with van der Waals surface area (Å²) in [5.41, 5.74) is 8.57. The van der Waals surface area contributed by atoms with E-state index in [2.05, 4.69) is 15.3 Å². The van der Waals surface area contributed by atoms with E-state index in [9.17, 15) is 4.79 Å². The van der Waals surface area contributed by atoms with Gasteiger partial charge in [-0.1, -0.05) is 0 Å². The lowest BCUT2D eigenvalue weighted by Gasteiger charge is -2.05. The van der Waals surface area contributed by atoms with Gasteiger partial charge in [-0.2, -0.15) is 0 Å². The van der Waals surface area contributed by atoms with E-state index in [-0.39, 0.29) is 5.91 Å². The molecule has 0 fully saturated rings. The average molecular weight is 274 g/mol. The Morgan fingerprint density at radius 3 is 3.05 bits per heavy atom. The molecular formula is C13H14N4OS. The number of hydrogen-bond acceptors (Lipinski definition) is 5. The first-order valence-corrected chi connectivity index (χ1v) is 6.97. The van der Waals surface area contributed by atoms with Gasteiger partial charge in [0.05, 0.1) is 11.3 Å². The van der Waals surface area contributed by atoms with Crippen LogP contribution in [0.4, 0.5) is 10.8 Å². The van der Waals surface area contributed by atoms with Crippen LogP contribution in [0.2, 0.25) is 0 Å². The highest BCUT2D eigenvalue weighted by Crippen LogP contribution is 2.30. The highest BCUT2D eigenvalue weighted by molar-refractivity contribution is 7.16. The highest BCUT2D eigenvalue weighted by Gasteiger charge is 2.19. The Labute approximate surface area is 114 Å². The summed E-state index contributed by atoms with van der Waals surface area (Å²) in [5, 5.41) is 3.44. The Morgan fingerprint density at radius 2 is 2.32 bits per heavy atom. The van der Waals surface area contributed by atoms with Crippen molar-refractivity contribution in [1.82, 2.24) is 9.97 Å². The summed E-state index contributed by atoms with van der Waals surface area (Å²) in [6.07, 6.45) is 4.74. The topological polar surface area (TPSA) is 80.9 Å². The van der Waals surface area contributed by atoms with Gasteiger partial charge in [-0.05, 0) is 32.3 Å². The molecule has 0 unspecified atom stereocenters. The molecule has 6 heteroatoms. The molecular weight excluding hydrogens is 260 g/mol. The van der Waals surface area contributed by atoms with Gasteiger partial charge in [-0.3, -0.25) is 15.1 Å². The van der Waals surface area contributed by atoms with E-state index < -0.39 is 0 Å². The fourth-order valence-electron chi connectivity index (χ4n) is 2.18. The summed E-state index contributed by atoms with van der Waals surface area (Å²) >= 11 is 1.55. The normalized spacial score (nSPS) is 13.3. The molecule has 0 atom stereocenters. The lowest BCUT2D eigenvalue weighted by Crippen LogP contribution is -2.14. The molecule has 19 heavy (non-hydrogen) atoms.